The third kappa shape index (κ3) is 4.47. The standard InChI is InChI=1S/C18H21N5O3/c1-12-4-3-5-16(19-12)17(24)20-21-18(25)23-8-6-14(7-9-23)11-15-10-13(2)26-22-15/h3-5,10-11H,6-9H2,1-2H3,(H,20,24)(H,21,25). The molecule has 0 saturated carbocycles. The number of carbonyl (C=O) groups is 2. The minimum absolute atomic E-state index is 0.261. The molecule has 0 radical (unpaired) electrons. The van der Waals surface area contributed by atoms with Gasteiger partial charge in [0.15, 0.2) is 0 Å². The second kappa shape index (κ2) is 7.81. The summed E-state index contributed by atoms with van der Waals surface area (Å²) in [6.07, 6.45) is 3.51. The Morgan fingerprint density at radius 2 is 1.96 bits per heavy atom. The maximum absolute atomic E-state index is 12.2. The third-order valence-electron chi connectivity index (χ3n) is 4.10. The fourth-order valence-electron chi connectivity index (χ4n) is 2.73. The van der Waals surface area contributed by atoms with Gasteiger partial charge >= 0.3 is 6.03 Å². The molecule has 26 heavy (non-hydrogen) atoms. The molecule has 1 fully saturated rings. The van der Waals surface area contributed by atoms with Crippen molar-refractivity contribution in [2.75, 3.05) is 13.1 Å². The number of rotatable bonds is 2. The smallest absolute Gasteiger partial charge is 0.336 e. The lowest BCUT2D eigenvalue weighted by Crippen LogP contribution is -2.50. The van der Waals surface area contributed by atoms with E-state index in [0.717, 1.165) is 30.0 Å². The van der Waals surface area contributed by atoms with Gasteiger partial charge in [-0.2, -0.15) is 0 Å². The van der Waals surface area contributed by atoms with Crippen LogP contribution in [0.25, 0.3) is 6.08 Å². The van der Waals surface area contributed by atoms with Crippen LogP contribution in [0.5, 0.6) is 0 Å². The average Bonchev–Trinajstić information content (AvgIpc) is 3.04. The predicted octanol–water partition coefficient (Wildman–Crippen LogP) is 2.22. The van der Waals surface area contributed by atoms with Crippen molar-refractivity contribution in [1.29, 1.82) is 0 Å². The first-order valence-electron chi connectivity index (χ1n) is 8.43. The SMILES string of the molecule is Cc1cccc(C(=O)NNC(=O)N2CCC(=Cc3cc(C)on3)CC2)n1. The van der Waals surface area contributed by atoms with Gasteiger partial charge in [0.05, 0.1) is 0 Å². The number of nitrogens with zero attached hydrogens (tertiary/aromatic N) is 3. The Kier molecular flexibility index (Phi) is 5.31. The van der Waals surface area contributed by atoms with Crippen LogP contribution in [0, 0.1) is 13.8 Å². The van der Waals surface area contributed by atoms with Crippen LogP contribution in [-0.2, 0) is 0 Å². The van der Waals surface area contributed by atoms with Crippen LogP contribution in [0.2, 0.25) is 0 Å². The van der Waals surface area contributed by atoms with E-state index in [-0.39, 0.29) is 11.7 Å². The van der Waals surface area contributed by atoms with Gasteiger partial charge in [-0.25, -0.2) is 15.2 Å². The number of carbonyl (C=O) groups excluding carboxylic acids is 2. The van der Waals surface area contributed by atoms with Gasteiger partial charge in [-0.3, -0.25) is 10.2 Å². The molecule has 2 aromatic heterocycles. The molecule has 0 bridgehead atoms. The first-order chi connectivity index (χ1) is 12.5. The summed E-state index contributed by atoms with van der Waals surface area (Å²) in [5, 5.41) is 3.95. The number of nitrogens with one attached hydrogen (secondary N) is 2. The van der Waals surface area contributed by atoms with Gasteiger partial charge in [0.25, 0.3) is 5.91 Å². The predicted molar refractivity (Wildman–Crippen MR) is 95.0 cm³/mol. The van der Waals surface area contributed by atoms with E-state index < -0.39 is 5.91 Å². The fraction of sp³-hybridized carbons (Fsp3) is 0.333. The maximum atomic E-state index is 12.2. The molecule has 3 heterocycles. The summed E-state index contributed by atoms with van der Waals surface area (Å²) in [6, 6.07) is 6.68. The minimum atomic E-state index is -0.443. The topological polar surface area (TPSA) is 100 Å². The molecule has 0 unspecified atom stereocenters. The Morgan fingerprint density at radius 3 is 2.62 bits per heavy atom. The van der Waals surface area contributed by atoms with Crippen molar-refractivity contribution in [3.63, 3.8) is 0 Å². The molecule has 3 amide bonds. The molecule has 2 aromatic rings. The summed E-state index contributed by atoms with van der Waals surface area (Å²) < 4.78 is 5.05. The number of pyridine rings is 1. The number of aryl methyl sites for hydroxylation is 2. The molecular formula is C18H21N5O3. The van der Waals surface area contributed by atoms with Gasteiger partial charge in [0.1, 0.15) is 17.1 Å². The Hall–Kier alpha value is -3.16. The van der Waals surface area contributed by atoms with Gasteiger partial charge in [-0.05, 0) is 44.9 Å². The van der Waals surface area contributed by atoms with Crippen molar-refractivity contribution in [3.8, 4) is 0 Å². The molecule has 0 aromatic carbocycles. The lowest BCUT2D eigenvalue weighted by Gasteiger charge is -2.28. The zero-order chi connectivity index (χ0) is 18.5. The Morgan fingerprint density at radius 1 is 1.19 bits per heavy atom. The van der Waals surface area contributed by atoms with E-state index in [1.54, 1.807) is 30.0 Å². The van der Waals surface area contributed by atoms with Gasteiger partial charge < -0.3 is 9.42 Å². The number of urea groups is 1. The second-order valence-electron chi connectivity index (χ2n) is 6.20. The van der Waals surface area contributed by atoms with Crippen molar-refractivity contribution >= 4 is 18.0 Å². The van der Waals surface area contributed by atoms with Crippen LogP contribution in [0.15, 0.2) is 34.4 Å². The molecule has 0 atom stereocenters. The van der Waals surface area contributed by atoms with Gasteiger partial charge in [-0.15, -0.1) is 0 Å². The molecule has 2 N–H and O–H groups in total. The van der Waals surface area contributed by atoms with E-state index in [0.29, 0.717) is 13.1 Å². The van der Waals surface area contributed by atoms with E-state index >= 15 is 0 Å². The second-order valence-corrected chi connectivity index (χ2v) is 6.20. The first-order valence-corrected chi connectivity index (χ1v) is 8.43. The number of amides is 3. The zero-order valence-corrected chi connectivity index (χ0v) is 14.8. The number of hydrazine groups is 1. The minimum Gasteiger partial charge on any atom is -0.361 e. The lowest BCUT2D eigenvalue weighted by molar-refractivity contribution is 0.0924. The van der Waals surface area contributed by atoms with E-state index in [4.69, 9.17) is 4.52 Å². The van der Waals surface area contributed by atoms with Crippen LogP contribution >= 0.6 is 0 Å². The van der Waals surface area contributed by atoms with Crippen LogP contribution < -0.4 is 10.9 Å². The molecule has 1 saturated heterocycles. The van der Waals surface area contributed by atoms with Crippen LogP contribution in [-0.4, -0.2) is 40.1 Å². The third-order valence-corrected chi connectivity index (χ3v) is 4.10. The number of hydrogen-bond donors (Lipinski definition) is 2. The molecule has 3 rings (SSSR count). The van der Waals surface area contributed by atoms with Gasteiger partial charge in [-0.1, -0.05) is 16.8 Å². The van der Waals surface area contributed by atoms with E-state index in [1.807, 2.05) is 19.1 Å². The quantitative estimate of drug-likeness (QED) is 0.805. The largest absolute Gasteiger partial charge is 0.361 e. The molecule has 136 valence electrons. The summed E-state index contributed by atoms with van der Waals surface area (Å²) in [7, 11) is 0. The summed E-state index contributed by atoms with van der Waals surface area (Å²) in [4.78, 5) is 30.0. The fourth-order valence-corrected chi connectivity index (χ4v) is 2.73. The number of aromatic nitrogens is 2. The highest BCUT2D eigenvalue weighted by atomic mass is 16.5. The zero-order valence-electron chi connectivity index (χ0n) is 14.8. The highest BCUT2D eigenvalue weighted by Crippen LogP contribution is 2.19. The highest BCUT2D eigenvalue weighted by molar-refractivity contribution is 5.93. The molecule has 1 aliphatic heterocycles. The summed E-state index contributed by atoms with van der Waals surface area (Å²) in [5.41, 5.74) is 7.85. The molecule has 0 spiro atoms. The van der Waals surface area contributed by atoms with E-state index in [1.165, 1.54) is 5.57 Å². The van der Waals surface area contributed by atoms with Crippen molar-refractivity contribution in [2.24, 2.45) is 0 Å². The van der Waals surface area contributed by atoms with Crippen LogP contribution in [0.3, 0.4) is 0 Å². The number of piperidine rings is 1. The lowest BCUT2D eigenvalue weighted by atomic mass is 10.0. The summed E-state index contributed by atoms with van der Waals surface area (Å²) >= 11 is 0. The molecule has 8 nitrogen and oxygen atoms in total. The normalized spacial score (nSPS) is 14.1. The van der Waals surface area contributed by atoms with Crippen molar-refractivity contribution in [2.45, 2.75) is 26.7 Å². The maximum Gasteiger partial charge on any atom is 0.336 e. The Labute approximate surface area is 151 Å². The van der Waals surface area contributed by atoms with Gasteiger partial charge in [0, 0.05) is 24.8 Å². The molecular weight excluding hydrogens is 334 g/mol. The first kappa shape index (κ1) is 17.7. The van der Waals surface area contributed by atoms with Gasteiger partial charge in [0.2, 0.25) is 0 Å². The summed E-state index contributed by atoms with van der Waals surface area (Å²) in [6.45, 7) is 4.80. The monoisotopic (exact) mass is 355 g/mol. The molecule has 8 heteroatoms. The number of likely N-dealkylation sites (tertiary alicyclic amines) is 1. The summed E-state index contributed by atoms with van der Waals surface area (Å²) in [5.74, 6) is 0.327. The van der Waals surface area contributed by atoms with E-state index in [2.05, 4.69) is 21.0 Å². The van der Waals surface area contributed by atoms with E-state index in [9.17, 15) is 9.59 Å². The Balaban J connectivity index is 1.48. The number of hydrogen-bond acceptors (Lipinski definition) is 5. The van der Waals surface area contributed by atoms with Crippen molar-refractivity contribution in [1.82, 2.24) is 25.9 Å². The van der Waals surface area contributed by atoms with Crippen LogP contribution in [0.4, 0.5) is 4.79 Å². The van der Waals surface area contributed by atoms with Crippen molar-refractivity contribution < 1.29 is 14.1 Å². The average molecular weight is 355 g/mol. The Bertz CT molecular complexity index is 833. The highest BCUT2D eigenvalue weighted by Gasteiger charge is 2.20. The van der Waals surface area contributed by atoms with Crippen molar-refractivity contribution in [3.05, 3.63) is 52.7 Å². The molecule has 1 aliphatic rings. The molecule has 0 aliphatic carbocycles. The van der Waals surface area contributed by atoms with Crippen LogP contribution in [0.1, 0.15) is 40.5 Å².